The van der Waals surface area contributed by atoms with Crippen molar-refractivity contribution in [3.05, 3.63) is 59.1 Å². The first-order valence-electron chi connectivity index (χ1n) is 6.73. The average Bonchev–Trinajstić information content (AvgIpc) is 2.74. The second-order valence-corrected chi connectivity index (χ2v) is 5.87. The number of rotatable bonds is 0. The Bertz CT molecular complexity index is 715. The van der Waals surface area contributed by atoms with Crippen LogP contribution in [0, 0.1) is 10.2 Å². The summed E-state index contributed by atoms with van der Waals surface area (Å²) in [6.45, 7) is 3.98. The molecule has 0 N–H and O–H groups in total. The molecule has 0 atom stereocenters. The molecule has 6 nitrogen and oxygen atoms in total. The Morgan fingerprint density at radius 1 is 0.957 bits per heavy atom. The molecule has 2 aliphatic rings. The molecule has 0 saturated heterocycles. The van der Waals surface area contributed by atoms with Gasteiger partial charge >= 0.3 is 0 Å². The van der Waals surface area contributed by atoms with Crippen LogP contribution in [-0.4, -0.2) is 17.8 Å². The zero-order valence-electron chi connectivity index (χ0n) is 12.9. The van der Waals surface area contributed by atoms with Gasteiger partial charge in [-0.15, -0.1) is 10.2 Å². The fourth-order valence-corrected chi connectivity index (χ4v) is 2.52. The Morgan fingerprint density at radius 2 is 1.48 bits per heavy atom. The molecule has 1 aromatic rings. The van der Waals surface area contributed by atoms with E-state index in [0.717, 1.165) is 11.5 Å². The Hall–Kier alpha value is -1.96. The summed E-state index contributed by atoms with van der Waals surface area (Å²) < 4.78 is 41.7. The Labute approximate surface area is 136 Å². The van der Waals surface area contributed by atoms with Gasteiger partial charge < -0.3 is 4.74 Å². The smallest absolute Gasteiger partial charge is 0.213 e. The second kappa shape index (κ2) is 6.66. The quantitative estimate of drug-likeness (QED) is 0.558. The Morgan fingerprint density at radius 3 is 2.04 bits per heavy atom. The molecule has 0 saturated carbocycles. The molecule has 2 heterocycles. The normalized spacial score (nSPS) is 16.6. The van der Waals surface area contributed by atoms with Gasteiger partial charge in [-0.1, -0.05) is 12.1 Å². The van der Waals surface area contributed by atoms with Crippen molar-refractivity contribution in [1.29, 1.82) is 0 Å². The SMILES string of the molecule is CC1=CC(=C2C=[N+](C)c3ccccc32)C=C(C)O1.[O-][Cl+3]([O-])([O-])[O-]. The number of para-hydroxylation sites is 1. The van der Waals surface area contributed by atoms with Gasteiger partial charge in [0, 0.05) is 6.07 Å². The van der Waals surface area contributed by atoms with Gasteiger partial charge in [-0.25, -0.2) is 23.2 Å². The van der Waals surface area contributed by atoms with Crippen LogP contribution in [0.1, 0.15) is 19.4 Å². The van der Waals surface area contributed by atoms with Gasteiger partial charge in [0.1, 0.15) is 18.6 Å². The van der Waals surface area contributed by atoms with E-state index in [4.69, 9.17) is 23.4 Å². The number of nitrogens with zero attached hydrogens (tertiary/aromatic N) is 1. The third kappa shape index (κ3) is 4.75. The van der Waals surface area contributed by atoms with E-state index in [9.17, 15) is 0 Å². The van der Waals surface area contributed by atoms with Crippen LogP contribution < -0.4 is 18.6 Å². The van der Waals surface area contributed by atoms with Crippen molar-refractivity contribution in [1.82, 2.24) is 0 Å². The molecule has 23 heavy (non-hydrogen) atoms. The van der Waals surface area contributed by atoms with Crippen LogP contribution in [-0.2, 0) is 4.74 Å². The lowest BCUT2D eigenvalue weighted by molar-refractivity contribution is -2.00. The number of ether oxygens (including phenoxy) is 1. The van der Waals surface area contributed by atoms with Crippen molar-refractivity contribution in [2.45, 2.75) is 13.8 Å². The van der Waals surface area contributed by atoms with E-state index in [1.54, 1.807) is 0 Å². The number of benzene rings is 1. The maximum absolute atomic E-state index is 8.49. The molecule has 0 amide bonds. The third-order valence-corrected chi connectivity index (χ3v) is 3.25. The Kier molecular flexibility index (Phi) is 5.03. The first kappa shape index (κ1) is 17.4. The van der Waals surface area contributed by atoms with Gasteiger partial charge in [-0.05, 0) is 37.6 Å². The van der Waals surface area contributed by atoms with Crippen molar-refractivity contribution in [2.75, 3.05) is 7.05 Å². The molecule has 0 radical (unpaired) electrons. The number of halogens is 1. The molecular weight excluding hydrogens is 322 g/mol. The van der Waals surface area contributed by atoms with Crippen LogP contribution in [0.15, 0.2) is 53.5 Å². The van der Waals surface area contributed by atoms with Gasteiger partial charge in [-0.3, -0.25) is 0 Å². The third-order valence-electron chi connectivity index (χ3n) is 3.25. The molecule has 2 aliphatic heterocycles. The highest BCUT2D eigenvalue weighted by Gasteiger charge is 2.25. The molecular formula is C16H16ClNO5. The van der Waals surface area contributed by atoms with Crippen LogP contribution in [0.25, 0.3) is 5.57 Å². The van der Waals surface area contributed by atoms with Crippen molar-refractivity contribution >= 4 is 17.5 Å². The summed E-state index contributed by atoms with van der Waals surface area (Å²) in [4.78, 5) is 0. The molecule has 3 rings (SSSR count). The Balaban J connectivity index is 0.000000338. The lowest BCUT2D eigenvalue weighted by Crippen LogP contribution is -2.68. The van der Waals surface area contributed by atoms with E-state index in [1.165, 1.54) is 22.4 Å². The van der Waals surface area contributed by atoms with Crippen molar-refractivity contribution in [2.24, 2.45) is 0 Å². The summed E-state index contributed by atoms with van der Waals surface area (Å²) in [6.07, 6.45) is 6.36. The zero-order chi connectivity index (χ0) is 17.2. The summed E-state index contributed by atoms with van der Waals surface area (Å²) in [7, 11) is -2.86. The molecule has 0 spiro atoms. The molecule has 1 aromatic carbocycles. The van der Waals surface area contributed by atoms with Gasteiger partial charge in [0.15, 0.2) is 6.21 Å². The van der Waals surface area contributed by atoms with Crippen LogP contribution in [0.4, 0.5) is 5.69 Å². The predicted molar refractivity (Wildman–Crippen MR) is 73.9 cm³/mol. The standard InChI is InChI=1S/C16H16NO.ClHO4/c1-11-8-13(9-12(2)18-11)15-10-17(3)16-7-5-4-6-14(15)16;2-1(3,4)5/h4-10H,1-3H3;(H,2,3,4,5)/q+1;/p-1. The molecule has 0 fully saturated rings. The predicted octanol–water partition coefficient (Wildman–Crippen LogP) is -1.12. The number of hydrogen-bond donors (Lipinski definition) is 0. The molecule has 0 aliphatic carbocycles. The van der Waals surface area contributed by atoms with Gasteiger partial charge in [-0.2, -0.15) is 0 Å². The van der Waals surface area contributed by atoms with Gasteiger partial charge in [0.25, 0.3) is 0 Å². The minimum atomic E-state index is -4.94. The van der Waals surface area contributed by atoms with Crippen LogP contribution in [0.3, 0.4) is 0 Å². The van der Waals surface area contributed by atoms with Gasteiger partial charge in [0.05, 0.1) is 11.1 Å². The minimum Gasteiger partial charge on any atom is -0.467 e. The van der Waals surface area contributed by atoms with E-state index >= 15 is 0 Å². The van der Waals surface area contributed by atoms with Crippen LogP contribution in [0.5, 0.6) is 0 Å². The summed E-state index contributed by atoms with van der Waals surface area (Å²) in [5.41, 5.74) is 5.01. The highest BCUT2D eigenvalue weighted by Crippen LogP contribution is 2.34. The molecule has 0 bridgehead atoms. The maximum Gasteiger partial charge on any atom is 0.213 e. The fraction of sp³-hybridized carbons (Fsp3) is 0.188. The van der Waals surface area contributed by atoms with E-state index in [-0.39, 0.29) is 0 Å². The summed E-state index contributed by atoms with van der Waals surface area (Å²) in [5.74, 6) is 1.89. The highest BCUT2D eigenvalue weighted by atomic mass is 35.7. The highest BCUT2D eigenvalue weighted by molar-refractivity contribution is 6.14. The first-order chi connectivity index (χ1) is 10.6. The lowest BCUT2D eigenvalue weighted by atomic mass is 9.99. The molecule has 0 aromatic heterocycles. The van der Waals surface area contributed by atoms with Crippen molar-refractivity contribution in [3.8, 4) is 0 Å². The summed E-state index contributed by atoms with van der Waals surface area (Å²) >= 11 is 0. The summed E-state index contributed by atoms with van der Waals surface area (Å²) in [5, 5.41) is 0. The summed E-state index contributed by atoms with van der Waals surface area (Å²) in [6, 6.07) is 8.47. The molecule has 122 valence electrons. The number of hydrogen-bond acceptors (Lipinski definition) is 5. The first-order valence-corrected chi connectivity index (χ1v) is 7.96. The minimum absolute atomic E-state index is 0.943. The topological polar surface area (TPSA) is 104 Å². The van der Waals surface area contributed by atoms with Crippen molar-refractivity contribution < 1.29 is 38.2 Å². The zero-order valence-corrected chi connectivity index (χ0v) is 13.7. The maximum atomic E-state index is 8.49. The van der Waals surface area contributed by atoms with E-state index in [2.05, 4.69) is 54.3 Å². The largest absolute Gasteiger partial charge is 0.467 e. The lowest BCUT2D eigenvalue weighted by Gasteiger charge is -2.17. The monoisotopic (exact) mass is 337 g/mol. The van der Waals surface area contributed by atoms with Crippen LogP contribution >= 0.6 is 0 Å². The number of fused-ring (bicyclic) bond motifs is 1. The van der Waals surface area contributed by atoms with Crippen molar-refractivity contribution in [3.63, 3.8) is 0 Å². The van der Waals surface area contributed by atoms with Crippen LogP contribution in [0.2, 0.25) is 0 Å². The van der Waals surface area contributed by atoms with E-state index < -0.39 is 10.2 Å². The second-order valence-electron chi connectivity index (χ2n) is 5.12. The molecule has 0 unspecified atom stereocenters. The van der Waals surface area contributed by atoms with E-state index in [0.29, 0.717) is 0 Å². The average molecular weight is 338 g/mol. The molecule has 7 heteroatoms. The van der Waals surface area contributed by atoms with Gasteiger partial charge in [0.2, 0.25) is 5.69 Å². The van der Waals surface area contributed by atoms with E-state index in [1.807, 2.05) is 13.8 Å². The number of allylic oxidation sites excluding steroid dienone is 6. The fourth-order valence-electron chi connectivity index (χ4n) is 2.52.